The molecule has 0 N–H and O–H groups in total. The van der Waals surface area contributed by atoms with E-state index in [0.717, 1.165) is 11.5 Å². The molecule has 0 spiro atoms. The van der Waals surface area contributed by atoms with Gasteiger partial charge in [0.2, 0.25) is 0 Å². The summed E-state index contributed by atoms with van der Waals surface area (Å²) in [5, 5.41) is 2.89. The van der Waals surface area contributed by atoms with Crippen LogP contribution in [0.3, 0.4) is 0 Å². The fourth-order valence-electron chi connectivity index (χ4n) is 2.22. The predicted octanol–water partition coefficient (Wildman–Crippen LogP) is 1.53. The van der Waals surface area contributed by atoms with Gasteiger partial charge >= 0.3 is 0 Å². The minimum Gasteiger partial charge on any atom is -0.458 e. The summed E-state index contributed by atoms with van der Waals surface area (Å²) >= 11 is 0. The third-order valence-corrected chi connectivity index (χ3v) is 5.58. The quantitative estimate of drug-likeness (QED) is 0.528. The van der Waals surface area contributed by atoms with E-state index < -0.39 is 0 Å². The number of hydrogen-bond donors (Lipinski definition) is 0. The van der Waals surface area contributed by atoms with E-state index in [1.165, 1.54) is 21.5 Å². The molecule has 2 aromatic carbocycles. The van der Waals surface area contributed by atoms with E-state index in [9.17, 15) is 0 Å². The number of fused-ring (bicyclic) bond motifs is 2. The third-order valence-electron chi connectivity index (χ3n) is 3.39. The second kappa shape index (κ2) is 3.49. The van der Waals surface area contributed by atoms with Crippen molar-refractivity contribution in [3.05, 3.63) is 47.5 Å². The molecule has 80 valence electrons. The highest BCUT2D eigenvalue weighted by Gasteiger charge is 2.18. The zero-order valence-corrected chi connectivity index (χ0v) is 11.0. The summed E-state index contributed by atoms with van der Waals surface area (Å²) in [6.45, 7) is 4.38. The summed E-state index contributed by atoms with van der Waals surface area (Å²) in [5.74, 6) is 2.14. The van der Waals surface area contributed by atoms with Gasteiger partial charge in [-0.1, -0.05) is 24.3 Å². The number of hydrogen-bond acceptors (Lipinski definition) is 1. The fourth-order valence-corrected chi connectivity index (χ4v) is 4.13. The Balaban J connectivity index is 2.16. The van der Waals surface area contributed by atoms with Crippen LogP contribution in [0, 0.1) is 13.8 Å². The molecule has 2 heteroatoms. The van der Waals surface area contributed by atoms with Gasteiger partial charge in [0.1, 0.15) is 11.5 Å². The Morgan fingerprint density at radius 1 is 0.938 bits per heavy atom. The van der Waals surface area contributed by atoms with E-state index in [0.29, 0.717) is 0 Å². The van der Waals surface area contributed by atoms with Crippen molar-refractivity contribution in [3.63, 3.8) is 0 Å². The minimum atomic E-state index is -0.370. The zero-order chi connectivity index (χ0) is 11.1. The maximum atomic E-state index is 5.95. The van der Waals surface area contributed by atoms with Gasteiger partial charge in [-0.2, -0.15) is 0 Å². The molecule has 2 aromatic rings. The molecule has 0 radical (unpaired) electrons. The summed E-state index contributed by atoms with van der Waals surface area (Å²) in [5.41, 5.74) is 2.79. The van der Waals surface area contributed by atoms with Crippen LogP contribution in [0.25, 0.3) is 0 Å². The lowest BCUT2D eigenvalue weighted by Gasteiger charge is -2.22. The standard InChI is InChI=1S/C14H14OSi/c1-9-7-8-12-14(10(9)2)16-13-6-4-3-5-11(13)15-12/h3-8H,16H2,1-2H3. The Bertz CT molecular complexity index is 561. The molecule has 0 saturated heterocycles. The molecule has 0 atom stereocenters. The van der Waals surface area contributed by atoms with Crippen molar-refractivity contribution in [2.45, 2.75) is 13.8 Å². The largest absolute Gasteiger partial charge is 0.458 e. The summed E-state index contributed by atoms with van der Waals surface area (Å²) < 4.78 is 5.95. The van der Waals surface area contributed by atoms with Crippen LogP contribution < -0.4 is 15.1 Å². The Labute approximate surface area is 97.9 Å². The Morgan fingerprint density at radius 3 is 2.62 bits per heavy atom. The molecule has 16 heavy (non-hydrogen) atoms. The number of para-hydroxylation sites is 1. The van der Waals surface area contributed by atoms with Gasteiger partial charge in [0.15, 0.2) is 0 Å². The average molecular weight is 226 g/mol. The maximum absolute atomic E-state index is 5.95. The van der Waals surface area contributed by atoms with Crippen LogP contribution in [-0.2, 0) is 0 Å². The topological polar surface area (TPSA) is 9.23 Å². The van der Waals surface area contributed by atoms with Crippen molar-refractivity contribution < 1.29 is 4.74 Å². The molecule has 0 aliphatic carbocycles. The molecule has 3 rings (SSSR count). The molecule has 0 aromatic heterocycles. The predicted molar refractivity (Wildman–Crippen MR) is 70.2 cm³/mol. The first-order valence-electron chi connectivity index (χ1n) is 5.60. The van der Waals surface area contributed by atoms with Gasteiger partial charge < -0.3 is 4.74 Å². The molecule has 0 saturated carbocycles. The second-order valence-electron chi connectivity index (χ2n) is 4.37. The van der Waals surface area contributed by atoms with Gasteiger partial charge in [0.05, 0.1) is 9.52 Å². The Morgan fingerprint density at radius 2 is 1.75 bits per heavy atom. The van der Waals surface area contributed by atoms with Crippen molar-refractivity contribution in [3.8, 4) is 11.5 Å². The third kappa shape index (κ3) is 1.38. The maximum Gasteiger partial charge on any atom is 0.126 e. The lowest BCUT2D eigenvalue weighted by Crippen LogP contribution is -2.35. The van der Waals surface area contributed by atoms with Crippen LogP contribution in [0.2, 0.25) is 0 Å². The van der Waals surface area contributed by atoms with Gasteiger partial charge in [-0.05, 0) is 47.5 Å². The fraction of sp³-hybridized carbons (Fsp3) is 0.143. The minimum absolute atomic E-state index is 0.370. The lowest BCUT2D eigenvalue weighted by atomic mass is 10.1. The van der Waals surface area contributed by atoms with Crippen LogP contribution in [0.1, 0.15) is 11.1 Å². The molecule has 1 heterocycles. The molecular weight excluding hydrogens is 212 g/mol. The van der Waals surface area contributed by atoms with Crippen LogP contribution in [0.5, 0.6) is 11.5 Å². The monoisotopic (exact) mass is 226 g/mol. The highest BCUT2D eigenvalue weighted by atomic mass is 28.2. The van der Waals surface area contributed by atoms with Crippen molar-refractivity contribution in [1.29, 1.82) is 0 Å². The summed E-state index contributed by atoms with van der Waals surface area (Å²) in [7, 11) is -0.370. The summed E-state index contributed by atoms with van der Waals surface area (Å²) in [6.07, 6.45) is 0. The first kappa shape index (κ1) is 9.67. The van der Waals surface area contributed by atoms with Gasteiger partial charge in [-0.25, -0.2) is 0 Å². The average Bonchev–Trinajstić information content (AvgIpc) is 2.32. The molecular formula is C14H14OSi. The van der Waals surface area contributed by atoms with E-state index in [-0.39, 0.29) is 9.52 Å². The molecule has 0 fully saturated rings. The highest BCUT2D eigenvalue weighted by molar-refractivity contribution is 6.70. The Kier molecular flexibility index (Phi) is 2.11. The van der Waals surface area contributed by atoms with Crippen LogP contribution in [0.4, 0.5) is 0 Å². The van der Waals surface area contributed by atoms with Crippen molar-refractivity contribution >= 4 is 19.9 Å². The molecule has 0 unspecified atom stereocenters. The smallest absolute Gasteiger partial charge is 0.126 e. The van der Waals surface area contributed by atoms with E-state index >= 15 is 0 Å². The number of ether oxygens (including phenoxy) is 1. The van der Waals surface area contributed by atoms with Crippen LogP contribution >= 0.6 is 0 Å². The Hall–Kier alpha value is -1.54. The molecule has 0 amide bonds. The highest BCUT2D eigenvalue weighted by Crippen LogP contribution is 2.23. The molecule has 1 aliphatic rings. The molecule has 1 nitrogen and oxygen atoms in total. The number of aryl methyl sites for hydroxylation is 1. The summed E-state index contributed by atoms with van der Waals surface area (Å²) in [6, 6.07) is 12.7. The van der Waals surface area contributed by atoms with Crippen molar-refractivity contribution in [1.82, 2.24) is 0 Å². The van der Waals surface area contributed by atoms with E-state index in [1.807, 2.05) is 6.07 Å². The molecule has 1 aliphatic heterocycles. The van der Waals surface area contributed by atoms with Gasteiger partial charge in [0.25, 0.3) is 0 Å². The lowest BCUT2D eigenvalue weighted by molar-refractivity contribution is 0.487. The van der Waals surface area contributed by atoms with Gasteiger partial charge in [-0.15, -0.1) is 0 Å². The first-order valence-corrected chi connectivity index (χ1v) is 7.02. The van der Waals surface area contributed by atoms with Crippen molar-refractivity contribution in [2.75, 3.05) is 0 Å². The number of benzene rings is 2. The van der Waals surface area contributed by atoms with E-state index in [1.54, 1.807) is 0 Å². The van der Waals surface area contributed by atoms with Crippen molar-refractivity contribution in [2.24, 2.45) is 0 Å². The summed E-state index contributed by atoms with van der Waals surface area (Å²) in [4.78, 5) is 0. The van der Waals surface area contributed by atoms with E-state index in [2.05, 4.69) is 44.2 Å². The van der Waals surface area contributed by atoms with E-state index in [4.69, 9.17) is 4.74 Å². The van der Waals surface area contributed by atoms with Crippen LogP contribution in [-0.4, -0.2) is 9.52 Å². The number of rotatable bonds is 0. The van der Waals surface area contributed by atoms with Crippen LogP contribution in [0.15, 0.2) is 36.4 Å². The zero-order valence-electron chi connectivity index (χ0n) is 9.58. The molecule has 0 bridgehead atoms. The second-order valence-corrected chi connectivity index (χ2v) is 6.19. The first-order chi connectivity index (χ1) is 7.75. The van der Waals surface area contributed by atoms with Gasteiger partial charge in [0, 0.05) is 0 Å². The van der Waals surface area contributed by atoms with Gasteiger partial charge in [-0.3, -0.25) is 0 Å². The normalized spacial score (nSPS) is 14.1. The SMILES string of the molecule is Cc1ccc2c(c1C)[SiH2]c1ccccc1O2.